The molecule has 2 nitrogen and oxygen atoms in total. The number of hydrogen-bond acceptors (Lipinski definition) is 2. The van der Waals surface area contributed by atoms with E-state index in [1.807, 2.05) is 6.20 Å². The number of pyridine rings is 1. The molecule has 50 heavy (non-hydrogen) atoms. The van der Waals surface area contributed by atoms with Crippen molar-refractivity contribution in [3.8, 4) is 33.4 Å². The molecule has 0 N–H and O–H groups in total. The van der Waals surface area contributed by atoms with Gasteiger partial charge in [0.15, 0.2) is 0 Å². The van der Waals surface area contributed by atoms with Gasteiger partial charge in [-0.15, -0.1) is 0 Å². The van der Waals surface area contributed by atoms with E-state index in [2.05, 4.69) is 158 Å². The maximum absolute atomic E-state index is 5.10. The van der Waals surface area contributed by atoms with E-state index in [4.69, 9.17) is 4.98 Å². The van der Waals surface area contributed by atoms with Crippen molar-refractivity contribution in [3.05, 3.63) is 174 Å². The van der Waals surface area contributed by atoms with Gasteiger partial charge >= 0.3 is 0 Å². The third-order valence-corrected chi connectivity index (χ3v) is 13.3. The Morgan fingerprint density at radius 3 is 1.78 bits per heavy atom. The summed E-state index contributed by atoms with van der Waals surface area (Å²) in [7, 11) is 0. The molecule has 0 radical (unpaired) electrons. The fourth-order valence-corrected chi connectivity index (χ4v) is 10.8. The quantitative estimate of drug-likeness (QED) is 0.187. The van der Waals surface area contributed by atoms with Gasteiger partial charge < -0.3 is 4.90 Å². The summed E-state index contributed by atoms with van der Waals surface area (Å²) in [5.74, 6) is 1.08. The van der Waals surface area contributed by atoms with Crippen LogP contribution in [0, 0.1) is 0 Å². The zero-order valence-electron chi connectivity index (χ0n) is 28.6. The van der Waals surface area contributed by atoms with Crippen LogP contribution < -0.4 is 4.90 Å². The fraction of sp³-hybridized carbons (Fsp3) is 0.188. The zero-order chi connectivity index (χ0) is 33.2. The molecule has 1 saturated carbocycles. The van der Waals surface area contributed by atoms with E-state index in [1.54, 1.807) is 0 Å². The maximum atomic E-state index is 5.10. The van der Waals surface area contributed by atoms with Crippen LogP contribution in [-0.4, -0.2) is 10.5 Å². The number of anilines is 2. The zero-order valence-corrected chi connectivity index (χ0v) is 28.6. The predicted octanol–water partition coefficient (Wildman–Crippen LogP) is 12.0. The Balaban J connectivity index is 1.13. The number of aromatic nitrogens is 1. The van der Waals surface area contributed by atoms with Crippen LogP contribution in [0.25, 0.3) is 44.2 Å². The smallest absolute Gasteiger partial charge is 0.141 e. The van der Waals surface area contributed by atoms with Gasteiger partial charge in [0.25, 0.3) is 0 Å². The first-order valence-corrected chi connectivity index (χ1v) is 18.3. The summed E-state index contributed by atoms with van der Waals surface area (Å²) in [6.07, 6.45) is 6.81. The van der Waals surface area contributed by atoms with Crippen LogP contribution >= 0.6 is 0 Å². The van der Waals surface area contributed by atoms with Gasteiger partial charge in [0.2, 0.25) is 0 Å². The Kier molecular flexibility index (Phi) is 5.57. The highest BCUT2D eigenvalue weighted by Crippen LogP contribution is 2.64. The summed E-state index contributed by atoms with van der Waals surface area (Å²) in [4.78, 5) is 7.72. The van der Waals surface area contributed by atoms with Gasteiger partial charge in [-0.1, -0.05) is 135 Å². The Morgan fingerprint density at radius 1 is 0.520 bits per heavy atom. The highest BCUT2D eigenvalue weighted by atomic mass is 15.3. The van der Waals surface area contributed by atoms with E-state index in [9.17, 15) is 0 Å². The monoisotopic (exact) mass is 642 g/mol. The van der Waals surface area contributed by atoms with Crippen LogP contribution in [0.4, 0.5) is 11.5 Å². The molecule has 7 aromatic rings. The molecule has 11 rings (SSSR count). The molecule has 0 bridgehead atoms. The SMILES string of the molecule is CC12CCCCC1(C)N(c1nccc3ccccc13)c1ccc(-c3ccc4c(c3)C3(c5ccccc5-c5ccccc53)c3ccccc3-4)cc12. The molecule has 1 aromatic heterocycles. The minimum Gasteiger partial charge on any atom is -0.319 e. The number of fused-ring (bicyclic) bond motifs is 14. The lowest BCUT2D eigenvalue weighted by Gasteiger charge is -2.50. The van der Waals surface area contributed by atoms with Gasteiger partial charge in [-0.2, -0.15) is 0 Å². The highest BCUT2D eigenvalue weighted by molar-refractivity contribution is 5.98. The number of benzene rings is 6. The van der Waals surface area contributed by atoms with Crippen molar-refractivity contribution in [3.63, 3.8) is 0 Å². The van der Waals surface area contributed by atoms with Crippen molar-refractivity contribution in [1.29, 1.82) is 0 Å². The van der Waals surface area contributed by atoms with Crippen LogP contribution in [0.1, 0.15) is 67.3 Å². The van der Waals surface area contributed by atoms with Crippen molar-refractivity contribution in [2.75, 3.05) is 4.90 Å². The second kappa shape index (κ2) is 9.82. The maximum Gasteiger partial charge on any atom is 0.141 e. The highest BCUT2D eigenvalue weighted by Gasteiger charge is 2.58. The molecular weight excluding hydrogens is 605 g/mol. The van der Waals surface area contributed by atoms with Crippen LogP contribution in [0.5, 0.6) is 0 Å². The first-order valence-electron chi connectivity index (χ1n) is 18.3. The van der Waals surface area contributed by atoms with Crippen molar-refractivity contribution in [1.82, 2.24) is 4.98 Å². The Hall–Kier alpha value is -5.47. The van der Waals surface area contributed by atoms with E-state index < -0.39 is 0 Å². The Morgan fingerprint density at radius 2 is 1.08 bits per heavy atom. The Labute approximate surface area is 294 Å². The molecule has 4 aliphatic rings. The number of nitrogens with zero attached hydrogens (tertiary/aromatic N) is 2. The topological polar surface area (TPSA) is 16.1 Å². The summed E-state index contributed by atoms with van der Waals surface area (Å²) in [5.41, 5.74) is 15.9. The van der Waals surface area contributed by atoms with E-state index in [0.717, 1.165) is 12.2 Å². The van der Waals surface area contributed by atoms with Crippen LogP contribution in [0.2, 0.25) is 0 Å². The lowest BCUT2D eigenvalue weighted by molar-refractivity contribution is 0.194. The molecule has 6 aromatic carbocycles. The van der Waals surface area contributed by atoms with Gasteiger partial charge in [-0.3, -0.25) is 0 Å². The molecule has 240 valence electrons. The van der Waals surface area contributed by atoms with Crippen molar-refractivity contribution in [2.45, 2.75) is 55.9 Å². The third kappa shape index (κ3) is 3.32. The normalized spacial score (nSPS) is 21.8. The van der Waals surface area contributed by atoms with Gasteiger partial charge in [-0.05, 0) is 111 Å². The average molecular weight is 643 g/mol. The summed E-state index contributed by atoms with van der Waals surface area (Å²) in [6.45, 7) is 5.03. The molecule has 1 fully saturated rings. The Bertz CT molecular complexity index is 2490. The standard InChI is InChI=1S/C48H38N2/c1-46-26-11-12-27-47(46,2)50(45-34-14-4-3-13-31(34)25-28-49-45)44-24-22-33(30-43(44)46)32-21-23-38-37-17-7-10-20-41(37)48(42(38)29-32)39-18-8-5-15-35(39)36-16-6-9-19-40(36)48/h3-10,13-25,28-30H,11-12,26-27H2,1-2H3. The molecule has 1 aliphatic heterocycles. The summed E-state index contributed by atoms with van der Waals surface area (Å²) < 4.78 is 0. The minimum atomic E-state index is -0.337. The van der Waals surface area contributed by atoms with Gasteiger partial charge in [0, 0.05) is 22.7 Å². The lowest BCUT2D eigenvalue weighted by atomic mass is 9.61. The van der Waals surface area contributed by atoms with E-state index in [-0.39, 0.29) is 16.4 Å². The lowest BCUT2D eigenvalue weighted by Crippen LogP contribution is -2.54. The van der Waals surface area contributed by atoms with E-state index in [0.29, 0.717) is 0 Å². The molecule has 2 heteroatoms. The number of rotatable bonds is 2. The first-order chi connectivity index (χ1) is 24.5. The third-order valence-electron chi connectivity index (χ3n) is 13.3. The number of hydrogen-bond donors (Lipinski definition) is 0. The first kappa shape index (κ1) is 28.4. The second-order valence-electron chi connectivity index (χ2n) is 15.4. The summed E-state index contributed by atoms with van der Waals surface area (Å²) >= 11 is 0. The molecular formula is C48H38N2. The van der Waals surface area contributed by atoms with Gasteiger partial charge in [0.05, 0.1) is 11.0 Å². The van der Waals surface area contributed by atoms with E-state index >= 15 is 0 Å². The molecule has 1 spiro atoms. The average Bonchev–Trinajstić information content (AvgIpc) is 3.71. The summed E-state index contributed by atoms with van der Waals surface area (Å²) in [5, 5.41) is 2.47. The predicted molar refractivity (Wildman–Crippen MR) is 206 cm³/mol. The second-order valence-corrected chi connectivity index (χ2v) is 15.4. The fourth-order valence-electron chi connectivity index (χ4n) is 10.8. The van der Waals surface area contributed by atoms with Gasteiger partial charge in [-0.25, -0.2) is 4.98 Å². The molecule has 2 atom stereocenters. The van der Waals surface area contributed by atoms with Crippen molar-refractivity contribution >= 4 is 22.3 Å². The van der Waals surface area contributed by atoms with Crippen LogP contribution in [0.3, 0.4) is 0 Å². The molecule has 2 heterocycles. The molecule has 3 aliphatic carbocycles. The molecule has 0 amide bonds. The van der Waals surface area contributed by atoms with E-state index in [1.165, 1.54) is 96.9 Å². The van der Waals surface area contributed by atoms with Crippen LogP contribution in [-0.2, 0) is 10.8 Å². The minimum absolute atomic E-state index is 0.00668. The van der Waals surface area contributed by atoms with Gasteiger partial charge in [0.1, 0.15) is 5.82 Å². The summed E-state index contributed by atoms with van der Waals surface area (Å²) in [6, 6.07) is 52.7. The van der Waals surface area contributed by atoms with Crippen molar-refractivity contribution < 1.29 is 0 Å². The molecule has 2 unspecified atom stereocenters. The largest absolute Gasteiger partial charge is 0.319 e. The van der Waals surface area contributed by atoms with Crippen LogP contribution in [0.15, 0.2) is 146 Å². The molecule has 0 saturated heterocycles. The van der Waals surface area contributed by atoms with Crippen molar-refractivity contribution in [2.24, 2.45) is 0 Å².